The zero-order valence-corrected chi connectivity index (χ0v) is 16.4. The summed E-state index contributed by atoms with van der Waals surface area (Å²) in [7, 11) is 1.42. The van der Waals surface area contributed by atoms with Gasteiger partial charge in [0.05, 0.1) is 13.0 Å². The second-order valence-electron chi connectivity index (χ2n) is 5.12. The Balaban J connectivity index is 0.00000289. The molecule has 0 bridgehead atoms. The number of rotatable bonds is 5. The molecule has 1 unspecified atom stereocenters. The predicted molar refractivity (Wildman–Crippen MR) is 68.4 cm³/mol. The van der Waals surface area contributed by atoms with E-state index in [1.54, 1.807) is 0 Å². The average molecular weight is 468 g/mol. The van der Waals surface area contributed by atoms with E-state index in [2.05, 4.69) is 13.8 Å². The van der Waals surface area contributed by atoms with Crippen molar-refractivity contribution in [1.29, 1.82) is 0 Å². The van der Waals surface area contributed by atoms with Gasteiger partial charge in [0.15, 0.2) is 0 Å². The van der Waals surface area contributed by atoms with Crippen molar-refractivity contribution in [3.63, 3.8) is 0 Å². The second kappa shape index (κ2) is 8.89. The van der Waals surface area contributed by atoms with E-state index in [1.165, 1.54) is 7.11 Å². The molecule has 1 aliphatic carbocycles. The molecule has 0 spiro atoms. The van der Waals surface area contributed by atoms with E-state index in [9.17, 15) is 4.79 Å². The maximum atomic E-state index is 11.5. The quantitative estimate of drug-likeness (QED) is 0.630. The van der Waals surface area contributed by atoms with Crippen molar-refractivity contribution >= 4 is 5.97 Å². The monoisotopic (exact) mass is 468 g/mol. The molecule has 1 fully saturated rings. The number of esters is 1. The van der Waals surface area contributed by atoms with Crippen molar-refractivity contribution in [2.75, 3.05) is 7.11 Å². The van der Waals surface area contributed by atoms with Crippen LogP contribution in [0.3, 0.4) is 0 Å². The van der Waals surface area contributed by atoms with Gasteiger partial charge >= 0.3 is 5.97 Å². The number of ether oxygens (including phenoxy) is 1. The first-order valence-electron chi connectivity index (χ1n) is 6.59. The molecule has 0 aromatic heterocycles. The van der Waals surface area contributed by atoms with E-state index in [0.717, 1.165) is 19.3 Å². The Labute approximate surface area is 146 Å². The molecule has 0 aromatic carbocycles. The topological polar surface area (TPSA) is 76.1 Å². The minimum atomic E-state index is -0.167. The van der Waals surface area contributed by atoms with Crippen LogP contribution in [0.5, 0.6) is 0 Å². The number of methoxy groups -OCH3 is 1. The largest absolute Gasteiger partial charge is 0.674 e. The number of hydrogen-bond acceptors (Lipinski definition) is 3. The van der Waals surface area contributed by atoms with Gasteiger partial charge in [-0.2, -0.15) is 0 Å². The fourth-order valence-corrected chi connectivity index (χ4v) is 3.02. The molecule has 0 aliphatic heterocycles. The van der Waals surface area contributed by atoms with Gasteiger partial charge in [-0.3, -0.25) is 4.79 Å². The Morgan fingerprint density at radius 2 is 1.94 bits per heavy atom. The number of hydrogen-bond donors (Lipinski definition) is 1. The first-order valence-corrected chi connectivity index (χ1v) is 6.59. The summed E-state index contributed by atoms with van der Waals surface area (Å²) >= 11 is 0. The third-order valence-electron chi connectivity index (χ3n) is 4.22. The Morgan fingerprint density at radius 3 is 2.39 bits per heavy atom. The van der Waals surface area contributed by atoms with Crippen molar-refractivity contribution in [2.45, 2.75) is 51.6 Å². The van der Waals surface area contributed by atoms with Crippen LogP contribution in [0.4, 0.5) is 0 Å². The van der Waals surface area contributed by atoms with Gasteiger partial charge in [-0.1, -0.05) is 32.6 Å². The van der Waals surface area contributed by atoms with Crippen LogP contribution in [0.15, 0.2) is 0 Å². The molecule has 0 aromatic rings. The summed E-state index contributed by atoms with van der Waals surface area (Å²) in [6, 6.07) is -0.170. The molecule has 1 rings (SSSR count). The minimum Gasteiger partial charge on any atom is -0.674 e. The van der Waals surface area contributed by atoms with Gasteiger partial charge in [0.25, 0.3) is 0 Å². The molecule has 1 aliphatic rings. The molecule has 4 nitrogen and oxygen atoms in total. The zero-order valence-electron chi connectivity index (χ0n) is 11.7. The summed E-state index contributed by atoms with van der Waals surface area (Å²) < 4.78 is 4.77. The van der Waals surface area contributed by atoms with Gasteiger partial charge in [0.2, 0.25) is 0 Å². The maximum absolute atomic E-state index is 11.5. The summed E-state index contributed by atoms with van der Waals surface area (Å²) in [5.41, 5.74) is 14.4. The Kier molecular flexibility index (Phi) is 9.31. The van der Waals surface area contributed by atoms with Crippen LogP contribution in [0, 0.1) is 61.8 Å². The molecule has 5 heteroatoms. The van der Waals surface area contributed by atoms with E-state index in [-0.39, 0.29) is 74.0 Å². The van der Waals surface area contributed by atoms with E-state index in [0.29, 0.717) is 12.3 Å². The van der Waals surface area contributed by atoms with Crippen molar-refractivity contribution in [3.05, 3.63) is 5.73 Å². The van der Waals surface area contributed by atoms with Crippen LogP contribution in [0.1, 0.15) is 39.5 Å². The van der Waals surface area contributed by atoms with Crippen LogP contribution in [-0.2, 0) is 9.53 Å². The number of nitrogens with one attached hydrogen (secondary N) is 1. The van der Waals surface area contributed by atoms with Crippen LogP contribution in [0.2, 0.25) is 0 Å². The fourth-order valence-electron chi connectivity index (χ4n) is 3.02. The van der Waals surface area contributed by atoms with Crippen LogP contribution in [0.25, 0.3) is 5.73 Å². The van der Waals surface area contributed by atoms with Crippen LogP contribution in [-0.4, -0.2) is 25.2 Å². The van der Waals surface area contributed by atoms with Gasteiger partial charge in [-0.15, -0.1) is 6.04 Å². The van der Waals surface area contributed by atoms with Gasteiger partial charge < -0.3 is 16.2 Å². The predicted octanol–water partition coefficient (Wildman–Crippen LogP) is 2.37. The average Bonchev–Trinajstić information content (AvgIpc) is 2.71. The number of carbonyl (C=O) groups excluding carboxylic acids is 1. The fraction of sp³-hybridized carbons (Fsp3) is 0.923. The molecule has 1 radical (unpaired) electrons. The molecule has 3 N–H and O–H groups in total. The summed E-state index contributed by atoms with van der Waals surface area (Å²) in [5.74, 6) is 0.272. The molecular weight excluding hydrogens is 443 g/mol. The summed E-state index contributed by atoms with van der Waals surface area (Å²) in [4.78, 5) is 11.5. The Hall–Kier alpha value is 0.832. The molecule has 4 atom stereocenters. The molecule has 103 valence electrons. The van der Waals surface area contributed by atoms with E-state index in [1.807, 2.05) is 0 Å². The van der Waals surface area contributed by atoms with E-state index >= 15 is 0 Å². The Bertz CT molecular complexity index is 259. The molecular formula is C13H25AcN2O2-. The first kappa shape index (κ1) is 18.8. The van der Waals surface area contributed by atoms with Gasteiger partial charge in [0.1, 0.15) is 0 Å². The van der Waals surface area contributed by atoms with Crippen molar-refractivity contribution in [1.82, 2.24) is 0 Å². The van der Waals surface area contributed by atoms with Gasteiger partial charge in [-0.05, 0) is 18.8 Å². The number of carbonyl (C=O) groups is 1. The molecule has 0 heterocycles. The summed E-state index contributed by atoms with van der Waals surface area (Å²) in [5, 5.41) is 0. The SMILES string of the molecule is CCC(CC)C([NH-])[C@@H]1C[C@@H](C(=O)OC)C[C@H]1N.[Ac]. The van der Waals surface area contributed by atoms with E-state index < -0.39 is 0 Å². The van der Waals surface area contributed by atoms with Crippen molar-refractivity contribution in [2.24, 2.45) is 23.5 Å². The maximum Gasteiger partial charge on any atom is 0.308 e. The van der Waals surface area contributed by atoms with Gasteiger partial charge in [-0.25, -0.2) is 0 Å². The minimum absolute atomic E-state index is 0. The Morgan fingerprint density at radius 1 is 1.39 bits per heavy atom. The summed E-state index contributed by atoms with van der Waals surface area (Å²) in [6.07, 6.45) is 3.42. The first-order chi connectivity index (χ1) is 8.04. The standard InChI is InChI=1S/C13H25N2O2.Ac/c1-4-8(5-2)12(15)10-6-9(7-11(10)14)13(16)17-3;/h8-12,15H,4-7,14H2,1-3H3;/q-1;/t9-,10-,11-,12?;/m1./s1. The number of nitrogens with two attached hydrogens (primary N) is 1. The third kappa shape index (κ3) is 4.44. The molecule has 1 saturated carbocycles. The molecule has 18 heavy (non-hydrogen) atoms. The van der Waals surface area contributed by atoms with Gasteiger partial charge in [0, 0.05) is 50.1 Å². The van der Waals surface area contributed by atoms with Crippen LogP contribution < -0.4 is 5.73 Å². The van der Waals surface area contributed by atoms with Crippen molar-refractivity contribution in [3.8, 4) is 0 Å². The van der Waals surface area contributed by atoms with Crippen LogP contribution >= 0.6 is 0 Å². The molecule has 0 amide bonds. The molecule has 0 saturated heterocycles. The zero-order chi connectivity index (χ0) is 13.0. The smallest absolute Gasteiger partial charge is 0.308 e. The third-order valence-corrected chi connectivity index (χ3v) is 4.22. The van der Waals surface area contributed by atoms with Crippen molar-refractivity contribution < 1.29 is 53.6 Å². The second-order valence-corrected chi connectivity index (χ2v) is 5.12. The summed E-state index contributed by atoms with van der Waals surface area (Å²) in [6.45, 7) is 4.24. The van der Waals surface area contributed by atoms with E-state index in [4.69, 9.17) is 16.2 Å². The normalized spacial score (nSPS) is 28.9.